The van der Waals surface area contributed by atoms with Crippen LogP contribution in [0.25, 0.3) is 0 Å². The van der Waals surface area contributed by atoms with Gasteiger partial charge in [0.15, 0.2) is 0 Å². The minimum atomic E-state index is -4.49. The molecule has 0 aromatic heterocycles. The molecule has 1 heterocycles. The van der Waals surface area contributed by atoms with E-state index in [1.54, 1.807) is 0 Å². The maximum absolute atomic E-state index is 12.5. The lowest BCUT2D eigenvalue weighted by Gasteiger charge is -2.32. The smallest absolute Gasteiger partial charge is 0.379 e. The van der Waals surface area contributed by atoms with Crippen molar-refractivity contribution >= 4 is 10.0 Å². The van der Waals surface area contributed by atoms with Crippen molar-refractivity contribution in [3.8, 4) is 0 Å². The highest BCUT2D eigenvalue weighted by atomic mass is 32.2. The highest BCUT2D eigenvalue weighted by Gasteiger charge is 2.30. The van der Waals surface area contributed by atoms with E-state index in [2.05, 4.69) is 9.62 Å². The van der Waals surface area contributed by atoms with Gasteiger partial charge in [0, 0.05) is 25.7 Å². The quantitative estimate of drug-likeness (QED) is 0.876. The fourth-order valence-corrected chi connectivity index (χ4v) is 3.41. The number of morpholine rings is 1. The zero-order chi connectivity index (χ0) is 17.1. The molecule has 0 amide bonds. The van der Waals surface area contributed by atoms with Gasteiger partial charge < -0.3 is 4.74 Å². The third-order valence-corrected chi connectivity index (χ3v) is 5.17. The lowest BCUT2D eigenvalue weighted by atomic mass is 10.2. The van der Waals surface area contributed by atoms with E-state index in [1.807, 2.05) is 6.92 Å². The Morgan fingerprint density at radius 3 is 2.30 bits per heavy atom. The summed E-state index contributed by atoms with van der Waals surface area (Å²) in [5.74, 6) is 0. The van der Waals surface area contributed by atoms with Crippen molar-refractivity contribution in [1.82, 2.24) is 9.62 Å². The molecule has 1 aliphatic heterocycles. The molecule has 0 aliphatic carbocycles. The number of nitrogens with one attached hydrogen (secondary N) is 1. The van der Waals surface area contributed by atoms with E-state index in [4.69, 9.17) is 4.74 Å². The molecule has 9 heteroatoms. The Hall–Kier alpha value is -1.16. The zero-order valence-corrected chi connectivity index (χ0v) is 13.5. The van der Waals surface area contributed by atoms with Gasteiger partial charge in [0.05, 0.1) is 23.7 Å². The third-order valence-electron chi connectivity index (χ3n) is 3.73. The number of benzene rings is 1. The van der Waals surface area contributed by atoms with Gasteiger partial charge in [-0.2, -0.15) is 13.2 Å². The Balaban J connectivity index is 1.98. The highest BCUT2D eigenvalue weighted by molar-refractivity contribution is 7.89. The van der Waals surface area contributed by atoms with Gasteiger partial charge in [0.1, 0.15) is 0 Å². The molecule has 1 unspecified atom stereocenters. The fraction of sp³-hybridized carbons (Fsp3) is 0.571. The highest BCUT2D eigenvalue weighted by Crippen LogP contribution is 2.29. The minimum Gasteiger partial charge on any atom is -0.379 e. The van der Waals surface area contributed by atoms with E-state index in [-0.39, 0.29) is 17.5 Å². The molecule has 130 valence electrons. The molecule has 1 aromatic rings. The summed E-state index contributed by atoms with van der Waals surface area (Å²) in [6.07, 6.45) is -4.49. The van der Waals surface area contributed by atoms with Crippen molar-refractivity contribution in [1.29, 1.82) is 0 Å². The molecule has 0 bridgehead atoms. The SMILES string of the molecule is CC(CNS(=O)(=O)c1ccc(C(F)(F)F)cc1)N1CCOCC1. The summed E-state index contributed by atoms with van der Waals surface area (Å²) in [6, 6.07) is 3.43. The molecular formula is C14H19F3N2O3S. The predicted octanol–water partition coefficient (Wildman–Crippen LogP) is 1.70. The van der Waals surface area contributed by atoms with Crippen LogP contribution < -0.4 is 4.72 Å². The zero-order valence-electron chi connectivity index (χ0n) is 12.6. The first-order valence-corrected chi connectivity index (χ1v) is 8.67. The summed E-state index contributed by atoms with van der Waals surface area (Å²) >= 11 is 0. The van der Waals surface area contributed by atoms with Crippen molar-refractivity contribution in [2.45, 2.75) is 24.0 Å². The van der Waals surface area contributed by atoms with E-state index in [1.165, 1.54) is 0 Å². The van der Waals surface area contributed by atoms with Gasteiger partial charge in [-0.25, -0.2) is 13.1 Å². The van der Waals surface area contributed by atoms with Crippen LogP contribution in [-0.2, 0) is 20.9 Å². The largest absolute Gasteiger partial charge is 0.416 e. The second-order valence-corrected chi connectivity index (χ2v) is 7.14. The molecule has 1 saturated heterocycles. The van der Waals surface area contributed by atoms with Crippen LogP contribution in [0.5, 0.6) is 0 Å². The van der Waals surface area contributed by atoms with Gasteiger partial charge >= 0.3 is 6.18 Å². The van der Waals surface area contributed by atoms with Crippen molar-refractivity contribution in [3.05, 3.63) is 29.8 Å². The molecule has 1 aromatic carbocycles. The van der Waals surface area contributed by atoms with E-state index in [9.17, 15) is 21.6 Å². The van der Waals surface area contributed by atoms with Gasteiger partial charge in [-0.05, 0) is 31.2 Å². The van der Waals surface area contributed by atoms with Crippen LogP contribution in [-0.4, -0.2) is 52.2 Å². The number of alkyl halides is 3. The van der Waals surface area contributed by atoms with Gasteiger partial charge in [0.25, 0.3) is 0 Å². The van der Waals surface area contributed by atoms with Crippen LogP contribution in [0.3, 0.4) is 0 Å². The summed E-state index contributed by atoms with van der Waals surface area (Å²) in [7, 11) is -3.83. The molecule has 5 nitrogen and oxygen atoms in total. The van der Waals surface area contributed by atoms with E-state index < -0.39 is 21.8 Å². The Morgan fingerprint density at radius 1 is 1.22 bits per heavy atom. The summed E-state index contributed by atoms with van der Waals surface area (Å²) in [5.41, 5.74) is -0.877. The van der Waals surface area contributed by atoms with Crippen molar-refractivity contribution in [2.24, 2.45) is 0 Å². The lowest BCUT2D eigenvalue weighted by Crippen LogP contribution is -2.47. The second kappa shape index (κ2) is 7.16. The fourth-order valence-electron chi connectivity index (χ4n) is 2.28. The predicted molar refractivity (Wildman–Crippen MR) is 78.5 cm³/mol. The number of sulfonamides is 1. The first-order valence-electron chi connectivity index (χ1n) is 7.19. The molecular weight excluding hydrogens is 333 g/mol. The molecule has 1 atom stereocenters. The van der Waals surface area contributed by atoms with Gasteiger partial charge in [-0.3, -0.25) is 4.90 Å². The Bertz CT molecular complexity index is 611. The first-order chi connectivity index (χ1) is 10.7. The topological polar surface area (TPSA) is 58.6 Å². The summed E-state index contributed by atoms with van der Waals surface area (Å²) in [5, 5.41) is 0. The molecule has 0 saturated carbocycles. The molecule has 1 N–H and O–H groups in total. The van der Waals surface area contributed by atoms with Crippen LogP contribution in [0.1, 0.15) is 12.5 Å². The van der Waals surface area contributed by atoms with E-state index in [0.29, 0.717) is 13.2 Å². The Morgan fingerprint density at radius 2 is 1.78 bits per heavy atom. The third kappa shape index (κ3) is 4.90. The first kappa shape index (κ1) is 18.2. The van der Waals surface area contributed by atoms with E-state index >= 15 is 0 Å². The second-order valence-electron chi connectivity index (χ2n) is 5.37. The van der Waals surface area contributed by atoms with E-state index in [0.717, 1.165) is 37.4 Å². The van der Waals surface area contributed by atoms with Crippen LogP contribution in [0.15, 0.2) is 29.2 Å². The summed E-state index contributed by atoms with van der Waals surface area (Å²) in [4.78, 5) is 1.92. The monoisotopic (exact) mass is 352 g/mol. The molecule has 23 heavy (non-hydrogen) atoms. The summed E-state index contributed by atoms with van der Waals surface area (Å²) in [6.45, 7) is 4.74. The maximum atomic E-state index is 12.5. The average Bonchev–Trinajstić information content (AvgIpc) is 2.53. The Labute approximate surface area is 133 Å². The number of hydrogen-bond donors (Lipinski definition) is 1. The number of hydrogen-bond acceptors (Lipinski definition) is 4. The van der Waals surface area contributed by atoms with Crippen molar-refractivity contribution in [3.63, 3.8) is 0 Å². The average molecular weight is 352 g/mol. The lowest BCUT2D eigenvalue weighted by molar-refractivity contribution is -0.137. The molecule has 2 rings (SSSR count). The Kier molecular flexibility index (Phi) is 5.66. The normalized spacial score (nSPS) is 18.8. The molecule has 1 fully saturated rings. The molecule has 0 spiro atoms. The number of nitrogens with zero attached hydrogens (tertiary/aromatic N) is 1. The van der Waals surface area contributed by atoms with Gasteiger partial charge in [0.2, 0.25) is 10.0 Å². The van der Waals surface area contributed by atoms with Crippen LogP contribution >= 0.6 is 0 Å². The van der Waals surface area contributed by atoms with Crippen LogP contribution in [0.2, 0.25) is 0 Å². The summed E-state index contributed by atoms with van der Waals surface area (Å²) < 4.78 is 69.4. The minimum absolute atomic E-state index is 0.0249. The number of rotatable bonds is 5. The molecule has 0 radical (unpaired) electrons. The van der Waals surface area contributed by atoms with Crippen molar-refractivity contribution in [2.75, 3.05) is 32.8 Å². The van der Waals surface area contributed by atoms with Crippen LogP contribution in [0.4, 0.5) is 13.2 Å². The van der Waals surface area contributed by atoms with Crippen LogP contribution in [0, 0.1) is 0 Å². The standard InChI is InChI=1S/C14H19F3N2O3S/c1-11(19-6-8-22-9-7-19)10-18-23(20,21)13-4-2-12(3-5-13)14(15,16)17/h2-5,11,18H,6-10H2,1H3. The maximum Gasteiger partial charge on any atom is 0.416 e. The number of halogens is 3. The van der Waals surface area contributed by atoms with Gasteiger partial charge in [-0.1, -0.05) is 0 Å². The van der Waals surface area contributed by atoms with Gasteiger partial charge in [-0.15, -0.1) is 0 Å². The molecule has 1 aliphatic rings. The van der Waals surface area contributed by atoms with Crippen molar-refractivity contribution < 1.29 is 26.3 Å². The number of ether oxygens (including phenoxy) is 1.